The number of aryl methyl sites for hydroxylation is 1. The normalized spacial score (nSPS) is 27.8. The number of benzene rings is 1. The number of carbonyl (C=O) groups is 1. The number of anilines is 1. The summed E-state index contributed by atoms with van der Waals surface area (Å²) in [6.07, 6.45) is 6.59. The molecule has 3 aliphatic heterocycles. The number of hydrogen-bond acceptors (Lipinski definition) is 5. The van der Waals surface area contributed by atoms with Gasteiger partial charge in [-0.2, -0.15) is 0 Å². The summed E-state index contributed by atoms with van der Waals surface area (Å²) in [4.78, 5) is 26.9. The van der Waals surface area contributed by atoms with Gasteiger partial charge in [0.25, 0.3) is 0 Å². The molecule has 0 aliphatic carbocycles. The van der Waals surface area contributed by atoms with E-state index in [0.717, 1.165) is 49.6 Å². The molecule has 5 rings (SSSR count). The molecule has 31 heavy (non-hydrogen) atoms. The summed E-state index contributed by atoms with van der Waals surface area (Å²) in [7, 11) is 1.71. The van der Waals surface area contributed by atoms with Crippen LogP contribution in [0.4, 0.5) is 5.82 Å². The summed E-state index contributed by atoms with van der Waals surface area (Å²) >= 11 is 0. The Hall–Kier alpha value is -2.63. The van der Waals surface area contributed by atoms with Crippen LogP contribution in [0.1, 0.15) is 42.5 Å². The molecule has 3 aliphatic rings. The fraction of sp³-hybridized carbons (Fsp3) is 0.560. The average Bonchev–Trinajstić information content (AvgIpc) is 2.78. The van der Waals surface area contributed by atoms with Crippen molar-refractivity contribution in [3.63, 3.8) is 0 Å². The maximum atomic E-state index is 13.1. The summed E-state index contributed by atoms with van der Waals surface area (Å²) in [6, 6.07) is 8.89. The lowest BCUT2D eigenvalue weighted by Crippen LogP contribution is -2.65. The van der Waals surface area contributed by atoms with E-state index in [2.05, 4.69) is 51.8 Å². The molecule has 0 unspecified atom stereocenters. The van der Waals surface area contributed by atoms with Crippen LogP contribution in [0.25, 0.3) is 0 Å². The van der Waals surface area contributed by atoms with Gasteiger partial charge in [0.15, 0.2) is 0 Å². The van der Waals surface area contributed by atoms with Crippen molar-refractivity contribution >= 4 is 11.7 Å². The van der Waals surface area contributed by atoms with Crippen LogP contribution in [0, 0.1) is 25.7 Å². The SMILES string of the molecule is COc1cccc(C[C@H]2[C@H]3C[C@H](CN(c4ncnc(C)c4C)C3)[C@@H]3CCCC(=O)N32)c1. The highest BCUT2D eigenvalue weighted by atomic mass is 16.5. The fourth-order valence-corrected chi connectivity index (χ4v) is 6.10. The first-order chi connectivity index (χ1) is 15.0. The van der Waals surface area contributed by atoms with Gasteiger partial charge in [-0.05, 0) is 69.1 Å². The van der Waals surface area contributed by atoms with E-state index in [1.165, 1.54) is 17.5 Å². The minimum Gasteiger partial charge on any atom is -0.497 e. The van der Waals surface area contributed by atoms with Crippen molar-refractivity contribution in [2.75, 3.05) is 25.1 Å². The lowest BCUT2D eigenvalue weighted by molar-refractivity contribution is -0.148. The van der Waals surface area contributed by atoms with Crippen LogP contribution in [-0.2, 0) is 11.2 Å². The van der Waals surface area contributed by atoms with Crippen LogP contribution in [0.15, 0.2) is 30.6 Å². The molecular formula is C25H32N4O2. The van der Waals surface area contributed by atoms with Gasteiger partial charge in [-0.3, -0.25) is 4.79 Å². The number of carbonyl (C=O) groups excluding carboxylic acids is 1. The highest BCUT2D eigenvalue weighted by Crippen LogP contribution is 2.43. The zero-order valence-electron chi connectivity index (χ0n) is 18.8. The van der Waals surface area contributed by atoms with E-state index in [1.54, 1.807) is 13.4 Å². The van der Waals surface area contributed by atoms with Gasteiger partial charge in [-0.15, -0.1) is 0 Å². The van der Waals surface area contributed by atoms with Gasteiger partial charge in [0.05, 0.1) is 7.11 Å². The molecule has 1 aromatic carbocycles. The summed E-state index contributed by atoms with van der Waals surface area (Å²) in [5.74, 6) is 3.25. The molecule has 0 saturated carbocycles. The quantitative estimate of drug-likeness (QED) is 0.757. The van der Waals surface area contributed by atoms with Gasteiger partial charge >= 0.3 is 0 Å². The van der Waals surface area contributed by atoms with Gasteiger partial charge < -0.3 is 14.5 Å². The molecule has 0 N–H and O–H groups in total. The summed E-state index contributed by atoms with van der Waals surface area (Å²) < 4.78 is 5.45. The number of fused-ring (bicyclic) bond motifs is 4. The lowest BCUT2D eigenvalue weighted by Gasteiger charge is -2.57. The Morgan fingerprint density at radius 2 is 2.00 bits per heavy atom. The monoisotopic (exact) mass is 420 g/mol. The van der Waals surface area contributed by atoms with Crippen LogP contribution in [0.2, 0.25) is 0 Å². The van der Waals surface area contributed by atoms with Crippen molar-refractivity contribution < 1.29 is 9.53 Å². The van der Waals surface area contributed by atoms with E-state index >= 15 is 0 Å². The number of amides is 1. The second-order valence-corrected chi connectivity index (χ2v) is 9.45. The second-order valence-electron chi connectivity index (χ2n) is 9.45. The molecule has 3 fully saturated rings. The molecule has 164 valence electrons. The van der Waals surface area contributed by atoms with E-state index in [1.807, 2.05) is 6.07 Å². The molecule has 0 radical (unpaired) electrons. The minimum atomic E-state index is 0.229. The van der Waals surface area contributed by atoms with E-state index in [-0.39, 0.29) is 6.04 Å². The van der Waals surface area contributed by atoms with Crippen molar-refractivity contribution in [2.45, 2.75) is 58.0 Å². The van der Waals surface area contributed by atoms with Gasteiger partial charge in [-0.25, -0.2) is 9.97 Å². The molecule has 1 aromatic heterocycles. The standard InChI is InChI=1S/C25H32N4O2/c1-16-17(2)26-15-27-25(16)28-13-19-12-20(14-28)23(29-22(19)8-5-9-24(29)30)11-18-6-4-7-21(10-18)31-3/h4,6-7,10,15,19-20,22-23H,5,8-9,11-14H2,1-3H3/t19-,20+,22+,23+/m1/s1. The van der Waals surface area contributed by atoms with Crippen LogP contribution in [-0.4, -0.2) is 53.1 Å². The molecule has 6 nitrogen and oxygen atoms in total. The number of methoxy groups -OCH3 is 1. The maximum absolute atomic E-state index is 13.1. The Morgan fingerprint density at radius 1 is 1.16 bits per heavy atom. The number of rotatable bonds is 4. The average molecular weight is 421 g/mol. The lowest BCUT2D eigenvalue weighted by atomic mass is 9.70. The Morgan fingerprint density at radius 3 is 2.84 bits per heavy atom. The zero-order chi connectivity index (χ0) is 21.5. The molecule has 2 aromatic rings. The Labute approximate surface area is 184 Å². The Balaban J connectivity index is 1.48. The first kappa shape index (κ1) is 20.3. The predicted octanol–water partition coefficient (Wildman–Crippen LogP) is 3.55. The highest BCUT2D eigenvalue weighted by molar-refractivity contribution is 5.78. The number of piperidine rings is 3. The number of aromatic nitrogens is 2. The van der Waals surface area contributed by atoms with E-state index in [9.17, 15) is 4.79 Å². The third-order valence-corrected chi connectivity index (χ3v) is 7.68. The molecule has 2 bridgehead atoms. The Kier molecular flexibility index (Phi) is 5.32. The van der Waals surface area contributed by atoms with Gasteiger partial charge in [0, 0.05) is 42.9 Å². The smallest absolute Gasteiger partial charge is 0.223 e. The van der Waals surface area contributed by atoms with Crippen molar-refractivity contribution in [1.82, 2.24) is 14.9 Å². The number of hydrogen-bond donors (Lipinski definition) is 0. The van der Waals surface area contributed by atoms with Crippen molar-refractivity contribution in [1.29, 1.82) is 0 Å². The fourth-order valence-electron chi connectivity index (χ4n) is 6.10. The molecule has 1 amide bonds. The highest BCUT2D eigenvalue weighted by Gasteiger charge is 2.49. The van der Waals surface area contributed by atoms with E-state index in [4.69, 9.17) is 4.74 Å². The van der Waals surface area contributed by atoms with Crippen LogP contribution >= 0.6 is 0 Å². The topological polar surface area (TPSA) is 58.6 Å². The zero-order valence-corrected chi connectivity index (χ0v) is 18.8. The van der Waals surface area contributed by atoms with Crippen LogP contribution in [0.3, 0.4) is 0 Å². The van der Waals surface area contributed by atoms with Gasteiger partial charge in [0.1, 0.15) is 17.9 Å². The Bertz CT molecular complexity index is 978. The summed E-state index contributed by atoms with van der Waals surface area (Å²) in [5, 5.41) is 0. The molecule has 4 atom stereocenters. The van der Waals surface area contributed by atoms with Crippen molar-refractivity contribution in [3.05, 3.63) is 47.4 Å². The maximum Gasteiger partial charge on any atom is 0.223 e. The van der Waals surface area contributed by atoms with Gasteiger partial charge in [-0.1, -0.05) is 12.1 Å². The predicted molar refractivity (Wildman–Crippen MR) is 120 cm³/mol. The summed E-state index contributed by atoms with van der Waals surface area (Å²) in [5.41, 5.74) is 3.46. The molecule has 3 saturated heterocycles. The van der Waals surface area contributed by atoms with Crippen molar-refractivity contribution in [2.24, 2.45) is 11.8 Å². The van der Waals surface area contributed by atoms with E-state index in [0.29, 0.717) is 30.2 Å². The third-order valence-electron chi connectivity index (χ3n) is 7.68. The van der Waals surface area contributed by atoms with Crippen LogP contribution in [0.5, 0.6) is 5.75 Å². The molecule has 6 heteroatoms. The first-order valence-electron chi connectivity index (χ1n) is 11.5. The second kappa shape index (κ2) is 8.13. The van der Waals surface area contributed by atoms with Gasteiger partial charge in [0.2, 0.25) is 5.91 Å². The van der Waals surface area contributed by atoms with Crippen LogP contribution < -0.4 is 9.64 Å². The molecule has 0 spiro atoms. The largest absolute Gasteiger partial charge is 0.497 e. The molecular weight excluding hydrogens is 388 g/mol. The third kappa shape index (κ3) is 3.66. The first-order valence-corrected chi connectivity index (χ1v) is 11.5. The van der Waals surface area contributed by atoms with E-state index < -0.39 is 0 Å². The molecule has 4 heterocycles. The number of ether oxygens (including phenoxy) is 1. The summed E-state index contributed by atoms with van der Waals surface area (Å²) in [6.45, 7) is 6.10. The van der Waals surface area contributed by atoms with Crippen molar-refractivity contribution in [3.8, 4) is 5.75 Å². The number of nitrogens with zero attached hydrogens (tertiary/aromatic N) is 4. The minimum absolute atomic E-state index is 0.229.